The van der Waals surface area contributed by atoms with Crippen LogP contribution in [0.3, 0.4) is 0 Å². The summed E-state index contributed by atoms with van der Waals surface area (Å²) in [4.78, 5) is 3.70. The number of benzene rings is 2. The minimum absolute atomic E-state index is 0.209. The number of anilines is 2. The first-order chi connectivity index (χ1) is 8.43. The molecule has 0 heterocycles. The van der Waals surface area contributed by atoms with Gasteiger partial charge in [0.15, 0.2) is 0 Å². The molecule has 2 aromatic carbocycles. The molecule has 96 valence electrons. The normalized spacial score (nSPS) is 10.7. The molecule has 0 aromatic heterocycles. The topological polar surface area (TPSA) is 46.9 Å². The predicted octanol–water partition coefficient (Wildman–Crippen LogP) is 2.38. The van der Waals surface area contributed by atoms with Gasteiger partial charge in [0.25, 0.3) is 0 Å². The lowest BCUT2D eigenvalue weighted by molar-refractivity contribution is 0.475. The zero-order valence-electron chi connectivity index (χ0n) is 11.1. The first kappa shape index (κ1) is 12.4. The van der Waals surface area contributed by atoms with Crippen LogP contribution in [-0.2, 0) is 0 Å². The second-order valence-electron chi connectivity index (χ2n) is 4.75. The van der Waals surface area contributed by atoms with Gasteiger partial charge in [0.1, 0.15) is 11.5 Å². The molecular weight excluding hydrogens is 228 g/mol. The third-order valence-electron chi connectivity index (χ3n) is 2.98. The van der Waals surface area contributed by atoms with Crippen molar-refractivity contribution in [2.24, 2.45) is 0 Å². The lowest BCUT2D eigenvalue weighted by Crippen LogP contribution is -2.13. The monoisotopic (exact) mass is 246 g/mol. The second kappa shape index (κ2) is 4.29. The highest BCUT2D eigenvalue weighted by Crippen LogP contribution is 2.43. The fourth-order valence-corrected chi connectivity index (χ4v) is 2.26. The minimum Gasteiger partial charge on any atom is -0.506 e. The Morgan fingerprint density at radius 1 is 0.722 bits per heavy atom. The van der Waals surface area contributed by atoms with Crippen LogP contribution in [0, 0.1) is 0 Å². The van der Waals surface area contributed by atoms with Crippen LogP contribution in [0.5, 0.6) is 11.5 Å². The molecule has 0 aliphatic heterocycles. The lowest BCUT2D eigenvalue weighted by Gasteiger charge is -2.23. The number of phenolic OH excluding ortho intramolecular Hbond substituents is 2. The molecule has 0 saturated carbocycles. The van der Waals surface area contributed by atoms with Crippen molar-refractivity contribution in [2.45, 2.75) is 0 Å². The average Bonchev–Trinajstić information content (AvgIpc) is 2.27. The van der Waals surface area contributed by atoms with Gasteiger partial charge < -0.3 is 20.0 Å². The Morgan fingerprint density at radius 3 is 1.44 bits per heavy atom. The quantitative estimate of drug-likeness (QED) is 0.854. The molecule has 2 rings (SSSR count). The fraction of sp³-hybridized carbons (Fsp3) is 0.286. The molecule has 0 fully saturated rings. The zero-order chi connectivity index (χ0) is 13.4. The van der Waals surface area contributed by atoms with Crippen molar-refractivity contribution in [2.75, 3.05) is 38.0 Å². The zero-order valence-corrected chi connectivity index (χ0v) is 11.1. The largest absolute Gasteiger partial charge is 0.506 e. The van der Waals surface area contributed by atoms with Gasteiger partial charge in [-0.3, -0.25) is 0 Å². The van der Waals surface area contributed by atoms with Crippen molar-refractivity contribution in [3.63, 3.8) is 0 Å². The molecule has 0 unspecified atom stereocenters. The molecule has 0 amide bonds. The SMILES string of the molecule is CN(C)c1c(O)ccc2ccc(O)c(N(C)C)c12. The molecule has 4 heteroatoms. The van der Waals surface area contributed by atoms with Crippen LogP contribution in [-0.4, -0.2) is 38.4 Å². The fourth-order valence-electron chi connectivity index (χ4n) is 2.26. The van der Waals surface area contributed by atoms with E-state index in [1.165, 1.54) is 0 Å². The van der Waals surface area contributed by atoms with E-state index in [-0.39, 0.29) is 11.5 Å². The number of hydrogen-bond acceptors (Lipinski definition) is 4. The Bertz CT molecular complexity index is 543. The van der Waals surface area contributed by atoms with E-state index in [4.69, 9.17) is 0 Å². The average molecular weight is 246 g/mol. The van der Waals surface area contributed by atoms with Crippen molar-refractivity contribution < 1.29 is 10.2 Å². The van der Waals surface area contributed by atoms with Gasteiger partial charge in [-0.1, -0.05) is 12.1 Å². The van der Waals surface area contributed by atoms with Crippen molar-refractivity contribution in [3.8, 4) is 11.5 Å². The second-order valence-corrected chi connectivity index (χ2v) is 4.75. The summed E-state index contributed by atoms with van der Waals surface area (Å²) in [6.45, 7) is 0. The van der Waals surface area contributed by atoms with E-state index in [9.17, 15) is 10.2 Å². The maximum atomic E-state index is 10.0. The summed E-state index contributed by atoms with van der Waals surface area (Å²) in [5, 5.41) is 21.9. The summed E-state index contributed by atoms with van der Waals surface area (Å²) in [6, 6.07) is 7.05. The molecule has 18 heavy (non-hydrogen) atoms. The maximum Gasteiger partial charge on any atom is 0.139 e. The van der Waals surface area contributed by atoms with Gasteiger partial charge in [-0.25, -0.2) is 0 Å². The van der Waals surface area contributed by atoms with E-state index < -0.39 is 0 Å². The standard InChI is InChI=1S/C14H18N2O2/c1-15(2)13-10(17)7-5-9-6-8-11(18)14(12(9)13)16(3)4/h5-8,17-18H,1-4H3. The number of phenols is 2. The Kier molecular flexibility index (Phi) is 2.95. The summed E-state index contributed by atoms with van der Waals surface area (Å²) in [5.74, 6) is 0.419. The van der Waals surface area contributed by atoms with E-state index in [2.05, 4.69) is 0 Å². The maximum absolute atomic E-state index is 10.0. The third kappa shape index (κ3) is 1.79. The highest BCUT2D eigenvalue weighted by molar-refractivity contribution is 6.07. The molecular formula is C14H18N2O2. The Hall–Kier alpha value is -2.10. The van der Waals surface area contributed by atoms with E-state index in [0.717, 1.165) is 10.8 Å². The predicted molar refractivity (Wildman–Crippen MR) is 75.9 cm³/mol. The first-order valence-corrected chi connectivity index (χ1v) is 5.75. The molecule has 0 aliphatic carbocycles. The lowest BCUT2D eigenvalue weighted by atomic mass is 10.0. The van der Waals surface area contributed by atoms with Gasteiger partial charge in [0.05, 0.1) is 11.4 Å². The summed E-state index contributed by atoms with van der Waals surface area (Å²) < 4.78 is 0. The highest BCUT2D eigenvalue weighted by Gasteiger charge is 2.16. The van der Waals surface area contributed by atoms with Gasteiger partial charge in [0.2, 0.25) is 0 Å². The van der Waals surface area contributed by atoms with Gasteiger partial charge in [-0.2, -0.15) is 0 Å². The van der Waals surface area contributed by atoms with Crippen LogP contribution in [0.2, 0.25) is 0 Å². The van der Waals surface area contributed by atoms with Gasteiger partial charge in [0, 0.05) is 33.6 Å². The summed E-state index contributed by atoms with van der Waals surface area (Å²) in [7, 11) is 7.49. The number of nitrogens with zero attached hydrogens (tertiary/aromatic N) is 2. The van der Waals surface area contributed by atoms with E-state index >= 15 is 0 Å². The van der Waals surface area contributed by atoms with Gasteiger partial charge in [-0.05, 0) is 17.5 Å². The van der Waals surface area contributed by atoms with E-state index in [1.54, 1.807) is 12.1 Å². The Balaban J connectivity index is 2.97. The van der Waals surface area contributed by atoms with Gasteiger partial charge in [-0.15, -0.1) is 0 Å². The molecule has 4 nitrogen and oxygen atoms in total. The number of fused-ring (bicyclic) bond motifs is 1. The molecule has 0 saturated heterocycles. The van der Waals surface area contributed by atoms with E-state index in [1.807, 2.05) is 50.1 Å². The van der Waals surface area contributed by atoms with Crippen molar-refractivity contribution in [3.05, 3.63) is 24.3 Å². The van der Waals surface area contributed by atoms with Crippen molar-refractivity contribution >= 4 is 22.1 Å². The van der Waals surface area contributed by atoms with Crippen LogP contribution in [0.15, 0.2) is 24.3 Å². The first-order valence-electron chi connectivity index (χ1n) is 5.75. The van der Waals surface area contributed by atoms with Crippen LogP contribution >= 0.6 is 0 Å². The molecule has 0 atom stereocenters. The molecule has 2 N–H and O–H groups in total. The van der Waals surface area contributed by atoms with Crippen LogP contribution in [0.4, 0.5) is 11.4 Å². The summed E-state index contributed by atoms with van der Waals surface area (Å²) >= 11 is 0. The molecule has 0 radical (unpaired) electrons. The van der Waals surface area contributed by atoms with E-state index in [0.29, 0.717) is 11.4 Å². The van der Waals surface area contributed by atoms with Gasteiger partial charge >= 0.3 is 0 Å². The Morgan fingerprint density at radius 2 is 1.11 bits per heavy atom. The number of rotatable bonds is 2. The summed E-state index contributed by atoms with van der Waals surface area (Å²) in [5.41, 5.74) is 1.43. The minimum atomic E-state index is 0.209. The summed E-state index contributed by atoms with van der Waals surface area (Å²) in [6.07, 6.45) is 0. The Labute approximate surface area is 107 Å². The number of aromatic hydroxyl groups is 2. The molecule has 2 aromatic rings. The van der Waals surface area contributed by atoms with Crippen molar-refractivity contribution in [1.82, 2.24) is 0 Å². The molecule has 0 spiro atoms. The number of hydrogen-bond donors (Lipinski definition) is 2. The molecule has 0 bridgehead atoms. The highest BCUT2D eigenvalue weighted by atomic mass is 16.3. The van der Waals surface area contributed by atoms with Crippen LogP contribution in [0.1, 0.15) is 0 Å². The smallest absolute Gasteiger partial charge is 0.139 e. The van der Waals surface area contributed by atoms with Crippen LogP contribution < -0.4 is 9.80 Å². The van der Waals surface area contributed by atoms with Crippen LogP contribution in [0.25, 0.3) is 10.8 Å². The van der Waals surface area contributed by atoms with Crippen molar-refractivity contribution in [1.29, 1.82) is 0 Å². The third-order valence-corrected chi connectivity index (χ3v) is 2.98. The molecule has 0 aliphatic rings.